The highest BCUT2D eigenvalue weighted by atomic mass is 32.2. The van der Waals surface area contributed by atoms with E-state index in [4.69, 9.17) is 4.74 Å². The van der Waals surface area contributed by atoms with Crippen molar-refractivity contribution < 1.29 is 13.2 Å². The third-order valence-electron chi connectivity index (χ3n) is 6.30. The molecule has 9 heteroatoms. The third kappa shape index (κ3) is 3.03. The minimum absolute atomic E-state index is 0.126. The smallest absolute Gasteiger partial charge is 0.269 e. The van der Waals surface area contributed by atoms with Gasteiger partial charge in [-0.3, -0.25) is 4.68 Å². The van der Waals surface area contributed by atoms with E-state index in [1.807, 2.05) is 25.4 Å². The number of nitrogens with zero attached hydrogens (tertiary/aromatic N) is 5. The van der Waals surface area contributed by atoms with Gasteiger partial charge in [-0.2, -0.15) is 10.4 Å². The number of aryl methyl sites for hydroxylation is 1. The molecule has 0 amide bonds. The molecule has 2 aliphatic heterocycles. The molecule has 2 bridgehead atoms. The predicted octanol–water partition coefficient (Wildman–Crippen LogP) is 3.37. The fraction of sp³-hybridized carbons (Fsp3) is 0.208. The van der Waals surface area contributed by atoms with E-state index in [0.717, 1.165) is 22.3 Å². The van der Waals surface area contributed by atoms with Crippen molar-refractivity contribution in [2.75, 3.05) is 0 Å². The number of benzene rings is 1. The number of hydrogen-bond acceptors (Lipinski definition) is 6. The predicted molar refractivity (Wildman–Crippen MR) is 121 cm³/mol. The lowest BCUT2D eigenvalue weighted by atomic mass is 9.87. The molecule has 0 aliphatic carbocycles. The van der Waals surface area contributed by atoms with Gasteiger partial charge in [-0.05, 0) is 41.8 Å². The summed E-state index contributed by atoms with van der Waals surface area (Å²) in [6.45, 7) is 0. The quantitative estimate of drug-likeness (QED) is 0.466. The molecule has 6 rings (SSSR count). The van der Waals surface area contributed by atoms with Gasteiger partial charge in [0.1, 0.15) is 0 Å². The van der Waals surface area contributed by atoms with E-state index in [1.54, 1.807) is 53.6 Å². The highest BCUT2D eigenvalue weighted by Crippen LogP contribution is 2.43. The second-order valence-electron chi connectivity index (χ2n) is 8.34. The van der Waals surface area contributed by atoms with Gasteiger partial charge in [0.05, 0.1) is 35.3 Å². The van der Waals surface area contributed by atoms with Crippen molar-refractivity contribution in [3.8, 4) is 17.2 Å². The number of aromatic nitrogens is 4. The Hall–Kier alpha value is -3.74. The minimum Gasteiger partial charge on any atom is -0.365 e. The molecule has 1 fully saturated rings. The summed E-state index contributed by atoms with van der Waals surface area (Å²) >= 11 is 0. The lowest BCUT2D eigenvalue weighted by molar-refractivity contribution is 0.117. The van der Waals surface area contributed by atoms with Crippen LogP contribution in [0.4, 0.5) is 0 Å². The van der Waals surface area contributed by atoms with E-state index in [2.05, 4.69) is 16.2 Å². The molecule has 3 aromatic heterocycles. The Labute approximate surface area is 190 Å². The molecule has 8 nitrogen and oxygen atoms in total. The molecule has 2 aliphatic rings. The van der Waals surface area contributed by atoms with Gasteiger partial charge in [0.2, 0.25) is 0 Å². The minimum atomic E-state index is -3.85. The van der Waals surface area contributed by atoms with Crippen molar-refractivity contribution >= 4 is 26.6 Å². The standard InChI is InChI=1S/C24H19N5O3S/c1-28-13-17(12-27-28)21-14-29(33(30,31)18-5-3-2-4-6-18)24-20(21)7-16(11-26-24)19-9-22-15(10-25)8-23(19)32-22/h2-7,9,11-15,22-23H,8H2,1H3/t15-,22+,23+/m0/s1. The van der Waals surface area contributed by atoms with Crippen LogP contribution in [0.5, 0.6) is 0 Å². The lowest BCUT2D eigenvalue weighted by Gasteiger charge is -2.13. The topological polar surface area (TPSA) is 103 Å². The van der Waals surface area contributed by atoms with Crippen LogP contribution in [0.3, 0.4) is 0 Å². The van der Waals surface area contributed by atoms with Gasteiger partial charge in [-0.1, -0.05) is 18.2 Å². The number of fused-ring (bicyclic) bond motifs is 3. The van der Waals surface area contributed by atoms with Crippen LogP contribution in [0.2, 0.25) is 0 Å². The van der Waals surface area contributed by atoms with Crippen LogP contribution >= 0.6 is 0 Å². The van der Waals surface area contributed by atoms with Crippen LogP contribution < -0.4 is 0 Å². The first-order chi connectivity index (χ1) is 16.0. The molecule has 0 spiro atoms. The van der Waals surface area contributed by atoms with E-state index in [9.17, 15) is 13.7 Å². The van der Waals surface area contributed by atoms with E-state index < -0.39 is 10.0 Å². The molecule has 1 saturated heterocycles. The van der Waals surface area contributed by atoms with E-state index >= 15 is 0 Å². The largest absolute Gasteiger partial charge is 0.365 e. The normalized spacial score (nSPS) is 21.9. The van der Waals surface area contributed by atoms with E-state index in [0.29, 0.717) is 17.5 Å². The molecule has 0 saturated carbocycles. The van der Waals surface area contributed by atoms with Crippen LogP contribution in [0, 0.1) is 17.2 Å². The number of rotatable bonds is 4. The van der Waals surface area contributed by atoms with Crippen molar-refractivity contribution in [2.45, 2.75) is 23.5 Å². The van der Waals surface area contributed by atoms with Gasteiger partial charge in [-0.15, -0.1) is 0 Å². The molecule has 1 aromatic carbocycles. The zero-order valence-corrected chi connectivity index (χ0v) is 18.5. The first-order valence-electron chi connectivity index (χ1n) is 10.5. The summed E-state index contributed by atoms with van der Waals surface area (Å²) < 4.78 is 35.8. The Morgan fingerprint density at radius 1 is 1.15 bits per heavy atom. The SMILES string of the molecule is Cn1cc(-c2cn(S(=O)(=O)c3ccccc3)c3ncc(C4=C[C@H]5O[C@@H]4C[C@H]5C#N)cc23)cn1. The monoisotopic (exact) mass is 457 g/mol. The second-order valence-corrected chi connectivity index (χ2v) is 10.2. The lowest BCUT2D eigenvalue weighted by Crippen LogP contribution is -2.13. The second kappa shape index (κ2) is 7.13. The summed E-state index contributed by atoms with van der Waals surface area (Å²) in [7, 11) is -2.03. The molecule has 33 heavy (non-hydrogen) atoms. The summed E-state index contributed by atoms with van der Waals surface area (Å²) in [6.07, 6.45) is 9.15. The zero-order chi connectivity index (χ0) is 22.7. The molecule has 4 aromatic rings. The Morgan fingerprint density at radius 2 is 1.97 bits per heavy atom. The van der Waals surface area contributed by atoms with Crippen LogP contribution in [-0.4, -0.2) is 39.4 Å². The number of pyridine rings is 1. The molecule has 3 atom stereocenters. The van der Waals surface area contributed by atoms with Gasteiger partial charge in [0.15, 0.2) is 5.65 Å². The van der Waals surface area contributed by atoms with Crippen molar-refractivity contribution in [3.63, 3.8) is 0 Å². The molecule has 5 heterocycles. The fourth-order valence-electron chi connectivity index (χ4n) is 4.67. The summed E-state index contributed by atoms with van der Waals surface area (Å²) in [5.74, 6) is -0.126. The first-order valence-corrected chi connectivity index (χ1v) is 12.0. The molecule has 0 radical (unpaired) electrons. The Kier molecular flexibility index (Phi) is 4.30. The Balaban J connectivity index is 1.55. The maximum absolute atomic E-state index is 13.5. The third-order valence-corrected chi connectivity index (χ3v) is 7.97. The van der Waals surface area contributed by atoms with Crippen LogP contribution in [0.25, 0.3) is 27.7 Å². The number of ether oxygens (including phenoxy) is 1. The summed E-state index contributed by atoms with van der Waals surface area (Å²) in [5.41, 5.74) is 3.74. The Bertz CT molecular complexity index is 1580. The van der Waals surface area contributed by atoms with Crippen LogP contribution in [0.1, 0.15) is 12.0 Å². The summed E-state index contributed by atoms with van der Waals surface area (Å²) in [5, 5.41) is 14.2. The van der Waals surface area contributed by atoms with Crippen molar-refractivity contribution in [2.24, 2.45) is 13.0 Å². The molecular formula is C24H19N5O3S. The molecule has 0 N–H and O–H groups in total. The summed E-state index contributed by atoms with van der Waals surface area (Å²) in [4.78, 5) is 4.78. The molecule has 0 unspecified atom stereocenters. The van der Waals surface area contributed by atoms with Gasteiger partial charge in [-0.25, -0.2) is 17.4 Å². The van der Waals surface area contributed by atoms with Crippen molar-refractivity contribution in [3.05, 3.63) is 72.8 Å². The van der Waals surface area contributed by atoms with Gasteiger partial charge in [0.25, 0.3) is 10.0 Å². The highest BCUT2D eigenvalue weighted by molar-refractivity contribution is 7.90. The Morgan fingerprint density at radius 3 is 2.64 bits per heavy atom. The van der Waals surface area contributed by atoms with Crippen LogP contribution in [-0.2, 0) is 21.8 Å². The highest BCUT2D eigenvalue weighted by Gasteiger charge is 2.42. The number of nitriles is 1. The average Bonchev–Trinajstić information content (AvgIpc) is 3.61. The van der Waals surface area contributed by atoms with Crippen molar-refractivity contribution in [1.82, 2.24) is 18.7 Å². The van der Waals surface area contributed by atoms with E-state index in [-0.39, 0.29) is 23.0 Å². The van der Waals surface area contributed by atoms with Gasteiger partial charge in [0, 0.05) is 42.2 Å². The van der Waals surface area contributed by atoms with E-state index in [1.165, 1.54) is 3.97 Å². The zero-order valence-electron chi connectivity index (χ0n) is 17.7. The first kappa shape index (κ1) is 19.9. The van der Waals surface area contributed by atoms with Gasteiger partial charge < -0.3 is 4.74 Å². The van der Waals surface area contributed by atoms with Crippen LogP contribution in [0.15, 0.2) is 72.2 Å². The maximum atomic E-state index is 13.5. The van der Waals surface area contributed by atoms with Gasteiger partial charge >= 0.3 is 0 Å². The van der Waals surface area contributed by atoms with Crippen molar-refractivity contribution in [1.29, 1.82) is 5.26 Å². The average molecular weight is 458 g/mol. The molecule has 164 valence electrons. The number of hydrogen-bond donors (Lipinski definition) is 0. The maximum Gasteiger partial charge on any atom is 0.269 e. The molecular weight excluding hydrogens is 438 g/mol. The summed E-state index contributed by atoms with van der Waals surface area (Å²) in [6, 6.07) is 12.6. The fourth-order valence-corrected chi connectivity index (χ4v) is 6.02.